The molecular weight excluding hydrogens is 369 g/mol. The first kappa shape index (κ1) is 22.7. The molecule has 154 valence electrons. The van der Waals surface area contributed by atoms with E-state index in [1.165, 1.54) is 22.0 Å². The zero-order valence-electron chi connectivity index (χ0n) is 18.3. The Morgan fingerprint density at radius 2 is 1.82 bits per heavy atom. The molecule has 2 unspecified atom stereocenters. The fraction of sp³-hybridized carbons (Fsp3) is 0.478. The molecule has 2 rings (SSSR count). The molecule has 0 amide bonds. The average molecular weight is 404 g/mol. The van der Waals surface area contributed by atoms with Crippen molar-refractivity contribution in [2.45, 2.75) is 38.9 Å². The van der Waals surface area contributed by atoms with Crippen molar-refractivity contribution in [3.63, 3.8) is 0 Å². The highest BCUT2D eigenvalue weighted by molar-refractivity contribution is 7.48. The van der Waals surface area contributed by atoms with Gasteiger partial charge >= 0.3 is 0 Å². The number of benzene rings is 2. The van der Waals surface area contributed by atoms with E-state index in [0.717, 1.165) is 24.5 Å². The summed E-state index contributed by atoms with van der Waals surface area (Å²) < 4.78 is 16.6. The van der Waals surface area contributed by atoms with Crippen LogP contribution in [0.2, 0.25) is 0 Å². The van der Waals surface area contributed by atoms with Crippen LogP contribution in [0.3, 0.4) is 0 Å². The molecule has 2 aromatic carbocycles. The van der Waals surface area contributed by atoms with Crippen LogP contribution in [0.5, 0.6) is 11.5 Å². The zero-order chi connectivity index (χ0) is 20.7. The van der Waals surface area contributed by atoms with Crippen molar-refractivity contribution in [2.24, 2.45) is 0 Å². The lowest BCUT2D eigenvalue weighted by atomic mass is 9.96. The second-order valence-electron chi connectivity index (χ2n) is 7.62. The van der Waals surface area contributed by atoms with Gasteiger partial charge in [-0.25, -0.2) is 0 Å². The first-order chi connectivity index (χ1) is 13.3. The monoisotopic (exact) mass is 403 g/mol. The van der Waals surface area contributed by atoms with Crippen LogP contribution in [0.1, 0.15) is 37.0 Å². The Morgan fingerprint density at radius 1 is 1.07 bits per heavy atom. The molecule has 5 heteroatoms. The van der Waals surface area contributed by atoms with E-state index in [1.807, 2.05) is 12.1 Å². The smallest absolute Gasteiger partial charge is 0.188 e. The van der Waals surface area contributed by atoms with Gasteiger partial charge in [0.1, 0.15) is 11.5 Å². The SMILES string of the molecule is CCC(C)(Pc1ccc(C)cc1CN(C)C)c1cc(OC)ccc1OCOC. The van der Waals surface area contributed by atoms with Crippen molar-refractivity contribution in [1.82, 2.24) is 4.90 Å². The van der Waals surface area contributed by atoms with E-state index in [9.17, 15) is 0 Å². The maximum Gasteiger partial charge on any atom is 0.188 e. The fourth-order valence-electron chi connectivity index (χ4n) is 3.27. The molecule has 0 N–H and O–H groups in total. The molecule has 0 saturated heterocycles. The van der Waals surface area contributed by atoms with E-state index in [4.69, 9.17) is 14.2 Å². The van der Waals surface area contributed by atoms with Gasteiger partial charge in [0.25, 0.3) is 0 Å². The molecule has 2 atom stereocenters. The van der Waals surface area contributed by atoms with Crippen molar-refractivity contribution in [3.05, 3.63) is 53.1 Å². The quantitative estimate of drug-likeness (QED) is 0.426. The van der Waals surface area contributed by atoms with Crippen LogP contribution >= 0.6 is 8.58 Å². The molecule has 28 heavy (non-hydrogen) atoms. The van der Waals surface area contributed by atoms with E-state index in [1.54, 1.807) is 14.2 Å². The van der Waals surface area contributed by atoms with Crippen LogP contribution < -0.4 is 14.8 Å². The summed E-state index contributed by atoms with van der Waals surface area (Å²) in [6.45, 7) is 7.89. The van der Waals surface area contributed by atoms with Crippen molar-refractivity contribution in [1.29, 1.82) is 0 Å². The zero-order valence-corrected chi connectivity index (χ0v) is 19.3. The predicted octanol–water partition coefficient (Wildman–Crippen LogP) is 4.68. The predicted molar refractivity (Wildman–Crippen MR) is 120 cm³/mol. The minimum Gasteiger partial charge on any atom is -0.497 e. The summed E-state index contributed by atoms with van der Waals surface area (Å²) >= 11 is 0. The lowest BCUT2D eigenvalue weighted by Crippen LogP contribution is -2.23. The Bertz CT molecular complexity index is 778. The Morgan fingerprint density at radius 3 is 2.43 bits per heavy atom. The van der Waals surface area contributed by atoms with Crippen molar-refractivity contribution < 1.29 is 14.2 Å². The Labute approximate surface area is 172 Å². The third-order valence-corrected chi connectivity index (χ3v) is 6.91. The van der Waals surface area contributed by atoms with Gasteiger partial charge in [0.2, 0.25) is 0 Å². The maximum atomic E-state index is 5.90. The summed E-state index contributed by atoms with van der Waals surface area (Å²) in [6.07, 6.45) is 0.997. The number of rotatable bonds is 10. The van der Waals surface area contributed by atoms with Gasteiger partial charge < -0.3 is 19.1 Å². The van der Waals surface area contributed by atoms with E-state index in [2.05, 4.69) is 64.0 Å². The molecule has 4 nitrogen and oxygen atoms in total. The van der Waals surface area contributed by atoms with Crippen LogP contribution in [-0.2, 0) is 16.4 Å². The average Bonchev–Trinajstić information content (AvgIpc) is 2.67. The molecule has 2 aromatic rings. The number of ether oxygens (including phenoxy) is 3. The Balaban J connectivity index is 2.48. The van der Waals surface area contributed by atoms with Crippen molar-refractivity contribution >= 4 is 13.9 Å². The molecule has 0 fully saturated rings. The van der Waals surface area contributed by atoms with Crippen LogP contribution in [-0.4, -0.2) is 40.0 Å². The van der Waals surface area contributed by atoms with Gasteiger partial charge in [0.05, 0.1) is 7.11 Å². The van der Waals surface area contributed by atoms with Crippen LogP contribution in [0.15, 0.2) is 36.4 Å². The fourth-order valence-corrected chi connectivity index (χ4v) is 4.85. The van der Waals surface area contributed by atoms with Gasteiger partial charge in [0, 0.05) is 24.4 Å². The molecule has 0 bridgehead atoms. The molecule has 0 spiro atoms. The summed E-state index contributed by atoms with van der Waals surface area (Å²) in [6, 6.07) is 12.9. The van der Waals surface area contributed by atoms with E-state index in [-0.39, 0.29) is 11.9 Å². The molecular formula is C23H34NO3P. The molecule has 0 aliphatic heterocycles. The highest BCUT2D eigenvalue weighted by atomic mass is 31.1. The van der Waals surface area contributed by atoms with Gasteiger partial charge in [-0.1, -0.05) is 46.2 Å². The Kier molecular flexibility index (Phi) is 8.30. The summed E-state index contributed by atoms with van der Waals surface area (Å²) in [5, 5.41) is 1.35. The maximum absolute atomic E-state index is 5.90. The van der Waals surface area contributed by atoms with Crippen molar-refractivity contribution in [2.75, 3.05) is 35.1 Å². The topological polar surface area (TPSA) is 30.9 Å². The van der Waals surface area contributed by atoms with E-state index in [0.29, 0.717) is 8.58 Å². The van der Waals surface area contributed by atoms with Gasteiger partial charge in [-0.15, -0.1) is 0 Å². The normalized spacial score (nSPS) is 13.9. The van der Waals surface area contributed by atoms with Gasteiger partial charge in [-0.3, -0.25) is 0 Å². The summed E-state index contributed by atoms with van der Waals surface area (Å²) in [4.78, 5) is 2.23. The van der Waals surface area contributed by atoms with Crippen molar-refractivity contribution in [3.8, 4) is 11.5 Å². The molecule has 0 heterocycles. The lowest BCUT2D eigenvalue weighted by Gasteiger charge is -2.32. The first-order valence-corrected chi connectivity index (χ1v) is 10.7. The first-order valence-electron chi connectivity index (χ1n) is 9.65. The minimum atomic E-state index is -0.0616. The van der Waals surface area contributed by atoms with E-state index >= 15 is 0 Å². The largest absolute Gasteiger partial charge is 0.497 e. The summed E-state index contributed by atoms with van der Waals surface area (Å²) in [7, 11) is 8.20. The number of methoxy groups -OCH3 is 2. The van der Waals surface area contributed by atoms with Crippen LogP contribution in [0.25, 0.3) is 0 Å². The second kappa shape index (κ2) is 10.2. The van der Waals surface area contributed by atoms with Gasteiger partial charge in [-0.05, 0) is 56.5 Å². The summed E-state index contributed by atoms with van der Waals surface area (Å²) in [5.41, 5.74) is 3.86. The molecule has 0 aromatic heterocycles. The summed E-state index contributed by atoms with van der Waals surface area (Å²) in [5.74, 6) is 1.71. The number of nitrogens with zero attached hydrogens (tertiary/aromatic N) is 1. The molecule has 0 aliphatic rings. The van der Waals surface area contributed by atoms with Crippen LogP contribution in [0, 0.1) is 6.92 Å². The minimum absolute atomic E-state index is 0.0616. The third-order valence-electron chi connectivity index (χ3n) is 4.98. The van der Waals surface area contributed by atoms with Gasteiger partial charge in [0.15, 0.2) is 6.79 Å². The van der Waals surface area contributed by atoms with Gasteiger partial charge in [-0.2, -0.15) is 0 Å². The van der Waals surface area contributed by atoms with E-state index < -0.39 is 0 Å². The Hall–Kier alpha value is -1.61. The van der Waals surface area contributed by atoms with Crippen LogP contribution in [0.4, 0.5) is 0 Å². The molecule has 0 radical (unpaired) electrons. The highest BCUT2D eigenvalue weighted by Crippen LogP contribution is 2.48. The number of hydrogen-bond acceptors (Lipinski definition) is 4. The number of aryl methyl sites for hydroxylation is 1. The lowest BCUT2D eigenvalue weighted by molar-refractivity contribution is 0.0500. The third kappa shape index (κ3) is 5.70. The highest BCUT2D eigenvalue weighted by Gasteiger charge is 2.30. The number of hydrogen-bond donors (Lipinski definition) is 0. The second-order valence-corrected chi connectivity index (χ2v) is 9.51. The standard InChI is InChI=1S/C23H34NO3P/c1-8-23(3,20-14-19(26-7)10-11-21(20)27-16-25-6)28-22-12-9-17(2)13-18(22)15-24(4)5/h9-14,28H,8,15-16H2,1-7H3. The molecule has 0 aliphatic carbocycles. The molecule has 0 saturated carbocycles.